The lowest BCUT2D eigenvalue weighted by Crippen LogP contribution is -2.23. The van der Waals surface area contributed by atoms with E-state index in [1.807, 2.05) is 140 Å². The number of hydrogen-bond donors (Lipinski definition) is 0. The Hall–Kier alpha value is -7.50. The summed E-state index contributed by atoms with van der Waals surface area (Å²) in [6, 6.07) is 53.0. The molecule has 0 spiro atoms. The number of aryl methyl sites for hydroxylation is 3. The summed E-state index contributed by atoms with van der Waals surface area (Å²) in [7, 11) is 0. The molecule has 5 heterocycles. The van der Waals surface area contributed by atoms with Crippen LogP contribution in [0.25, 0.3) is 67.0 Å². The molecule has 0 fully saturated rings. The Morgan fingerprint density at radius 1 is 0.465 bits per heavy atom. The average Bonchev–Trinajstić information content (AvgIpc) is 3.96. The van der Waals surface area contributed by atoms with Crippen LogP contribution in [0.3, 0.4) is 0 Å². The number of fused-ring (bicyclic) bond motifs is 3. The summed E-state index contributed by atoms with van der Waals surface area (Å²) in [5.41, 5.74) is 10.8. The Balaban J connectivity index is 1.09. The first kappa shape index (κ1) is 39.2. The monoisotopic (exact) mass is 936 g/mol. The van der Waals surface area contributed by atoms with Crippen molar-refractivity contribution in [1.29, 1.82) is 0 Å². The molecule has 5 heteroatoms. The van der Waals surface area contributed by atoms with Crippen molar-refractivity contribution in [3.63, 3.8) is 0 Å². The number of pyridine rings is 4. The van der Waals surface area contributed by atoms with Gasteiger partial charge >= 0.3 is 0 Å². The molecule has 5 aromatic heterocycles. The van der Waals surface area contributed by atoms with Crippen LogP contribution in [0.1, 0.15) is 103 Å². The molecule has 5 nitrogen and oxygen atoms in total. The Kier molecular flexibility index (Phi) is 10.7. The molecule has 71 heavy (non-hydrogen) atoms. The number of hydrogen-bond acceptors (Lipinski definition) is 5. The number of para-hydroxylation sites is 1. The molecule has 0 bridgehead atoms. The fraction of sp³-hybridized carbons (Fsp3) is 0.242. The van der Waals surface area contributed by atoms with Gasteiger partial charge in [-0.2, -0.15) is 0 Å². The molecule has 0 aliphatic carbocycles. The average molecular weight is 936 g/mol. The topological polar surface area (TPSA) is 64.7 Å². The second-order valence-electron chi connectivity index (χ2n) is 21.3. The van der Waals surface area contributed by atoms with E-state index in [4.69, 9.17) is 23.5 Å². The summed E-state index contributed by atoms with van der Waals surface area (Å²) in [5.74, 6) is 0. The lowest BCUT2D eigenvalue weighted by atomic mass is 9.77. The molecule has 0 saturated heterocycles. The van der Waals surface area contributed by atoms with Crippen molar-refractivity contribution in [2.45, 2.75) is 98.2 Å². The van der Waals surface area contributed by atoms with Crippen LogP contribution in [0.15, 0.2) is 187 Å². The highest BCUT2D eigenvalue weighted by molar-refractivity contribution is 6.08. The van der Waals surface area contributed by atoms with Crippen LogP contribution in [-0.2, 0) is 42.8 Å². The lowest BCUT2D eigenvalue weighted by Gasteiger charge is -2.28. The van der Waals surface area contributed by atoms with E-state index in [9.17, 15) is 5.48 Å². The molecular weight excluding hydrogens is 865 g/mol. The van der Waals surface area contributed by atoms with Crippen LogP contribution >= 0.6 is 0 Å². The summed E-state index contributed by atoms with van der Waals surface area (Å²) in [6.07, 6.45) is 1.79. The third-order valence-corrected chi connectivity index (χ3v) is 13.5. The zero-order valence-electron chi connectivity index (χ0n) is 48.6. The molecular formula is C66H64N4O. The Bertz CT molecular complexity index is 3670. The standard InChI is InChI=1S/C66H64N4O/c1-44-26-31-56-55-24-17-25-57(62(55)71-63(56)70-44)61-37-58(54-23-16-15-22-50(54)40-64(2,3)4)51(41-67-61)28-27-45-34-46(38-65(5,6)52-29-32-59(68-42-52)48-18-11-9-12-19-48)36-47(35-45)39-66(7,8)53-30-33-60(69-43-53)49-20-13-10-14-21-49/h9-26,29-37,41-43H,27-28,38-40H2,1-8H3/i1D3,27D2,28D2. The summed E-state index contributed by atoms with van der Waals surface area (Å²) < 4.78 is 71.1. The van der Waals surface area contributed by atoms with E-state index in [1.165, 1.54) is 12.3 Å². The predicted molar refractivity (Wildman–Crippen MR) is 295 cm³/mol. The Morgan fingerprint density at radius 2 is 1.04 bits per heavy atom. The van der Waals surface area contributed by atoms with E-state index in [1.54, 1.807) is 6.07 Å². The van der Waals surface area contributed by atoms with E-state index >= 15 is 0 Å². The third-order valence-electron chi connectivity index (χ3n) is 13.5. The van der Waals surface area contributed by atoms with Gasteiger partial charge in [-0.1, -0.05) is 176 Å². The van der Waals surface area contributed by atoms with Crippen molar-refractivity contribution in [1.82, 2.24) is 19.9 Å². The maximum atomic E-state index is 10.2. The van der Waals surface area contributed by atoms with Gasteiger partial charge in [0.15, 0.2) is 0 Å². The third kappa shape index (κ3) is 10.5. The van der Waals surface area contributed by atoms with E-state index in [2.05, 4.69) is 77.7 Å². The van der Waals surface area contributed by atoms with E-state index in [0.29, 0.717) is 47.1 Å². The van der Waals surface area contributed by atoms with Gasteiger partial charge in [0.05, 0.1) is 17.1 Å². The summed E-state index contributed by atoms with van der Waals surface area (Å²) in [5, 5.41) is 1.38. The van der Waals surface area contributed by atoms with Crippen LogP contribution in [0.2, 0.25) is 0 Å². The number of benzene rings is 5. The van der Waals surface area contributed by atoms with Gasteiger partial charge in [0, 0.05) is 61.3 Å². The molecule has 0 aliphatic heterocycles. The summed E-state index contributed by atoms with van der Waals surface area (Å²) >= 11 is 0. The highest BCUT2D eigenvalue weighted by atomic mass is 16.3. The zero-order chi connectivity index (χ0) is 55.4. The van der Waals surface area contributed by atoms with Gasteiger partial charge in [-0.15, -0.1) is 0 Å². The van der Waals surface area contributed by atoms with Gasteiger partial charge in [0.1, 0.15) is 5.58 Å². The maximum Gasteiger partial charge on any atom is 0.227 e. The summed E-state index contributed by atoms with van der Waals surface area (Å²) in [6.45, 7) is 12.7. The fourth-order valence-corrected chi connectivity index (χ4v) is 9.87. The minimum atomic E-state index is -2.65. The molecule has 10 rings (SSSR count). The van der Waals surface area contributed by atoms with Crippen molar-refractivity contribution in [2.24, 2.45) is 5.41 Å². The molecule has 0 radical (unpaired) electrons. The van der Waals surface area contributed by atoms with Gasteiger partial charge in [0.25, 0.3) is 0 Å². The molecule has 0 saturated carbocycles. The number of aromatic nitrogens is 4. The van der Waals surface area contributed by atoms with Crippen LogP contribution in [0.5, 0.6) is 0 Å². The molecule has 5 aromatic carbocycles. The second kappa shape index (κ2) is 19.4. The van der Waals surface area contributed by atoms with Crippen LogP contribution in [0.4, 0.5) is 0 Å². The molecule has 0 aliphatic rings. The van der Waals surface area contributed by atoms with E-state index in [-0.39, 0.29) is 27.9 Å². The molecule has 0 N–H and O–H groups in total. The second-order valence-corrected chi connectivity index (χ2v) is 21.3. The lowest BCUT2D eigenvalue weighted by molar-refractivity contribution is 0.411. The molecule has 354 valence electrons. The van der Waals surface area contributed by atoms with Gasteiger partial charge in [-0.3, -0.25) is 15.0 Å². The van der Waals surface area contributed by atoms with Gasteiger partial charge < -0.3 is 4.42 Å². The zero-order valence-corrected chi connectivity index (χ0v) is 41.6. The smallest absolute Gasteiger partial charge is 0.227 e. The summed E-state index contributed by atoms with van der Waals surface area (Å²) in [4.78, 5) is 19.1. The predicted octanol–water partition coefficient (Wildman–Crippen LogP) is 16.6. The van der Waals surface area contributed by atoms with Crippen molar-refractivity contribution in [3.8, 4) is 44.9 Å². The Labute approximate surface area is 430 Å². The fourth-order valence-electron chi connectivity index (χ4n) is 9.87. The minimum Gasteiger partial charge on any atom is -0.437 e. The molecule has 10 aromatic rings. The minimum absolute atomic E-state index is 0.0744. The number of furan rings is 1. The van der Waals surface area contributed by atoms with Crippen LogP contribution < -0.4 is 0 Å². The Morgan fingerprint density at radius 3 is 1.63 bits per heavy atom. The first-order chi connectivity index (χ1) is 36.9. The van der Waals surface area contributed by atoms with Crippen LogP contribution in [0, 0.1) is 12.3 Å². The first-order valence-corrected chi connectivity index (χ1v) is 24.5. The van der Waals surface area contributed by atoms with E-state index < -0.39 is 30.4 Å². The molecule has 0 atom stereocenters. The number of rotatable bonds is 14. The highest BCUT2D eigenvalue weighted by Crippen LogP contribution is 2.39. The van der Waals surface area contributed by atoms with Crippen molar-refractivity contribution in [2.75, 3.05) is 0 Å². The maximum absolute atomic E-state index is 10.2. The normalized spacial score (nSPS) is 14.3. The number of nitrogens with zero attached hydrogens (tertiary/aromatic N) is 4. The van der Waals surface area contributed by atoms with Gasteiger partial charge in [0.2, 0.25) is 5.71 Å². The van der Waals surface area contributed by atoms with Gasteiger partial charge in [-0.05, 0) is 142 Å². The highest BCUT2D eigenvalue weighted by Gasteiger charge is 2.26. The SMILES string of the molecule is [2H]C([2H])([2H])c1ccc2c(n1)oc1c(-c3cc(-c4ccccc4CC(C)(C)C)c(C([2H])([2H])C([2H])([2H])c4cc(CC(C)(C)c5ccc(-c6ccccc6)nc5)cc(CC(C)(C)c5ccc(-c6ccccc6)nc5)c4)cn3)cccc12. The quantitative estimate of drug-likeness (QED) is 0.109. The van der Waals surface area contributed by atoms with Gasteiger partial charge in [-0.25, -0.2) is 4.98 Å². The molecule has 0 unspecified atom stereocenters. The largest absolute Gasteiger partial charge is 0.437 e. The van der Waals surface area contributed by atoms with Crippen LogP contribution in [-0.4, -0.2) is 19.9 Å². The van der Waals surface area contributed by atoms with E-state index in [0.717, 1.165) is 61.3 Å². The van der Waals surface area contributed by atoms with Crippen molar-refractivity contribution < 1.29 is 14.0 Å². The van der Waals surface area contributed by atoms with Crippen molar-refractivity contribution >= 4 is 22.1 Å². The first-order valence-electron chi connectivity index (χ1n) is 28.0. The molecule has 0 amide bonds. The van der Waals surface area contributed by atoms with Crippen molar-refractivity contribution in [3.05, 3.63) is 227 Å².